The predicted octanol–water partition coefficient (Wildman–Crippen LogP) is 11.1. The first kappa shape index (κ1) is 59.6. The molecule has 4 N–H and O–H groups in total. The molecule has 0 radical (unpaired) electrons. The zero-order valence-corrected chi connectivity index (χ0v) is 40.7. The third kappa shape index (κ3) is 34.9. The molecule has 0 saturated carbocycles. The molecule has 0 aromatic heterocycles. The summed E-state index contributed by atoms with van der Waals surface area (Å²) in [4.78, 5) is 25.5. The van der Waals surface area contributed by atoms with Gasteiger partial charge in [0.2, 0.25) is 0 Å². The predicted molar refractivity (Wildman–Crippen MR) is 256 cm³/mol. The van der Waals surface area contributed by atoms with E-state index in [0.717, 1.165) is 57.8 Å². The van der Waals surface area contributed by atoms with Crippen molar-refractivity contribution in [3.05, 3.63) is 48.6 Å². The molecule has 0 bridgehead atoms. The Morgan fingerprint density at radius 3 is 1.47 bits per heavy atom. The van der Waals surface area contributed by atoms with Crippen molar-refractivity contribution >= 4 is 22.1 Å². The SMILES string of the molecule is CC/C=C/C/C=C/C/C=C/C/C=C/CCCCC(=O)OC[C@H](CO[C@H]1O[C@H](CS(=O)(=O)O)[C@@H](O)C(O)C1O)OC(=O)CCCCCCCCCCCCCCCCCCCCCCC. The van der Waals surface area contributed by atoms with E-state index in [1.54, 1.807) is 0 Å². The normalized spacial score (nSPS) is 20.0. The number of ether oxygens (including phenoxy) is 4. The average Bonchev–Trinajstić information content (AvgIpc) is 3.26. The number of rotatable bonds is 42. The Labute approximate surface area is 388 Å². The molecule has 0 aromatic rings. The lowest BCUT2D eigenvalue weighted by Gasteiger charge is -2.40. The van der Waals surface area contributed by atoms with Gasteiger partial charge >= 0.3 is 11.9 Å². The summed E-state index contributed by atoms with van der Waals surface area (Å²) < 4.78 is 54.2. The van der Waals surface area contributed by atoms with Crippen LogP contribution in [0, 0.1) is 0 Å². The van der Waals surface area contributed by atoms with Crippen molar-refractivity contribution in [1.82, 2.24) is 0 Å². The molecule has 13 heteroatoms. The van der Waals surface area contributed by atoms with Gasteiger partial charge in [0.15, 0.2) is 12.4 Å². The third-order valence-electron chi connectivity index (χ3n) is 11.4. The molecule has 0 aromatic carbocycles. The van der Waals surface area contributed by atoms with E-state index in [9.17, 15) is 37.9 Å². The van der Waals surface area contributed by atoms with Crippen LogP contribution in [0.4, 0.5) is 0 Å². The molecule has 372 valence electrons. The number of aliphatic hydroxyl groups is 3. The molecule has 64 heavy (non-hydrogen) atoms. The van der Waals surface area contributed by atoms with Gasteiger partial charge in [0.05, 0.1) is 6.61 Å². The second-order valence-corrected chi connectivity index (χ2v) is 19.0. The highest BCUT2D eigenvalue weighted by molar-refractivity contribution is 7.85. The van der Waals surface area contributed by atoms with Crippen molar-refractivity contribution in [2.45, 2.75) is 243 Å². The van der Waals surface area contributed by atoms with Gasteiger partial charge in [0.1, 0.15) is 36.8 Å². The van der Waals surface area contributed by atoms with Gasteiger partial charge in [-0.3, -0.25) is 14.1 Å². The number of allylic oxidation sites excluding steroid dienone is 8. The van der Waals surface area contributed by atoms with Crippen LogP contribution in [0.15, 0.2) is 48.6 Å². The van der Waals surface area contributed by atoms with Gasteiger partial charge in [-0.2, -0.15) is 8.42 Å². The van der Waals surface area contributed by atoms with Gasteiger partial charge in [-0.15, -0.1) is 0 Å². The van der Waals surface area contributed by atoms with Gasteiger partial charge in [0, 0.05) is 12.8 Å². The fraction of sp³-hybridized carbons (Fsp3) is 0.804. The van der Waals surface area contributed by atoms with Gasteiger partial charge < -0.3 is 34.3 Å². The van der Waals surface area contributed by atoms with Crippen LogP contribution in [-0.2, 0) is 38.7 Å². The molecule has 6 atom stereocenters. The van der Waals surface area contributed by atoms with Crippen LogP contribution >= 0.6 is 0 Å². The van der Waals surface area contributed by atoms with Crippen molar-refractivity contribution in [2.75, 3.05) is 19.0 Å². The molecule has 1 heterocycles. The first-order valence-electron chi connectivity index (χ1n) is 25.2. The van der Waals surface area contributed by atoms with Crippen LogP contribution in [-0.4, -0.2) is 96.0 Å². The standard InChI is InChI=1S/C51H90O12S/c1-3-5-7-9-11-13-15-17-19-20-21-22-23-24-26-28-30-32-34-36-38-40-47(53)62-44(42-61-51-50(56)49(55)48(54)45(63-51)43-64(57,58)59)41-60-46(52)39-37-35-33-31-29-27-25-18-16-14-12-10-8-6-4-2/h6,8,12,14,18,25,29,31,44-45,48-51,54-56H,3-5,7,9-11,13,15-17,19-24,26-28,30,32-43H2,1-2H3,(H,57,58,59)/b8-6+,14-12+,25-18+,31-29+/t44-,45-,48-,49?,50?,51+/m1/s1. The van der Waals surface area contributed by atoms with Crippen LogP contribution in [0.5, 0.6) is 0 Å². The highest BCUT2D eigenvalue weighted by Crippen LogP contribution is 2.24. The van der Waals surface area contributed by atoms with E-state index in [2.05, 4.69) is 62.5 Å². The van der Waals surface area contributed by atoms with Crippen molar-refractivity contribution in [3.8, 4) is 0 Å². The molecule has 1 aliphatic heterocycles. The molecule has 2 unspecified atom stereocenters. The van der Waals surface area contributed by atoms with Crippen molar-refractivity contribution in [3.63, 3.8) is 0 Å². The lowest BCUT2D eigenvalue weighted by atomic mass is 10.00. The molecule has 0 amide bonds. The number of esters is 2. The quantitative estimate of drug-likeness (QED) is 0.0197. The van der Waals surface area contributed by atoms with E-state index in [1.165, 1.54) is 109 Å². The molecule has 1 saturated heterocycles. The summed E-state index contributed by atoms with van der Waals surface area (Å²) in [6.07, 6.45) is 40.2. The van der Waals surface area contributed by atoms with E-state index < -0.39 is 71.2 Å². The van der Waals surface area contributed by atoms with Crippen molar-refractivity contribution < 1.29 is 56.8 Å². The number of unbranched alkanes of at least 4 members (excludes halogenated alkanes) is 22. The lowest BCUT2D eigenvalue weighted by molar-refractivity contribution is -0.297. The number of hydrogen-bond acceptors (Lipinski definition) is 11. The smallest absolute Gasteiger partial charge is 0.306 e. The fourth-order valence-electron chi connectivity index (χ4n) is 7.55. The third-order valence-corrected chi connectivity index (χ3v) is 12.2. The maximum absolute atomic E-state index is 12.9. The summed E-state index contributed by atoms with van der Waals surface area (Å²) in [6, 6.07) is 0. The Morgan fingerprint density at radius 2 is 0.984 bits per heavy atom. The fourth-order valence-corrected chi connectivity index (χ4v) is 8.24. The summed E-state index contributed by atoms with van der Waals surface area (Å²) in [5.74, 6) is -2.03. The largest absolute Gasteiger partial charge is 0.462 e. The Morgan fingerprint density at radius 1 is 0.547 bits per heavy atom. The van der Waals surface area contributed by atoms with Crippen molar-refractivity contribution in [1.29, 1.82) is 0 Å². The van der Waals surface area contributed by atoms with Crippen LogP contribution in [0.25, 0.3) is 0 Å². The highest BCUT2D eigenvalue weighted by Gasteiger charge is 2.46. The molecular formula is C51H90O12S. The Balaban J connectivity index is 2.39. The highest BCUT2D eigenvalue weighted by atomic mass is 32.2. The summed E-state index contributed by atoms with van der Waals surface area (Å²) in [6.45, 7) is 3.63. The van der Waals surface area contributed by atoms with Gasteiger partial charge in [-0.1, -0.05) is 191 Å². The molecule has 0 spiro atoms. The molecule has 0 aliphatic carbocycles. The summed E-state index contributed by atoms with van der Waals surface area (Å²) in [5.41, 5.74) is 0. The molecule has 12 nitrogen and oxygen atoms in total. The summed E-state index contributed by atoms with van der Waals surface area (Å²) in [5, 5.41) is 30.9. The Kier molecular flexibility index (Phi) is 38.1. The average molecular weight is 927 g/mol. The molecule has 1 fully saturated rings. The van der Waals surface area contributed by atoms with E-state index in [-0.39, 0.29) is 19.4 Å². The minimum atomic E-state index is -4.61. The van der Waals surface area contributed by atoms with E-state index in [0.29, 0.717) is 12.8 Å². The summed E-state index contributed by atoms with van der Waals surface area (Å²) in [7, 11) is -4.61. The second-order valence-electron chi connectivity index (χ2n) is 17.5. The summed E-state index contributed by atoms with van der Waals surface area (Å²) >= 11 is 0. The van der Waals surface area contributed by atoms with Crippen LogP contribution < -0.4 is 0 Å². The Bertz CT molecular complexity index is 1360. The second kappa shape index (κ2) is 40.8. The first-order valence-corrected chi connectivity index (χ1v) is 26.8. The van der Waals surface area contributed by atoms with Crippen LogP contribution in [0.2, 0.25) is 0 Å². The topological polar surface area (TPSA) is 186 Å². The van der Waals surface area contributed by atoms with Gasteiger partial charge in [-0.05, 0) is 51.4 Å². The van der Waals surface area contributed by atoms with Gasteiger partial charge in [0.25, 0.3) is 10.1 Å². The van der Waals surface area contributed by atoms with Gasteiger partial charge in [-0.25, -0.2) is 0 Å². The zero-order valence-electron chi connectivity index (χ0n) is 39.9. The van der Waals surface area contributed by atoms with E-state index in [4.69, 9.17) is 18.9 Å². The molecule has 1 rings (SSSR count). The minimum Gasteiger partial charge on any atom is -0.462 e. The first-order chi connectivity index (χ1) is 31.0. The number of carbonyl (C=O) groups excluding carboxylic acids is 2. The lowest BCUT2D eigenvalue weighted by Crippen LogP contribution is -2.60. The van der Waals surface area contributed by atoms with Crippen LogP contribution in [0.3, 0.4) is 0 Å². The maximum atomic E-state index is 12.9. The zero-order chi connectivity index (χ0) is 46.9. The minimum absolute atomic E-state index is 0.157. The van der Waals surface area contributed by atoms with E-state index >= 15 is 0 Å². The molecular weight excluding hydrogens is 837 g/mol. The van der Waals surface area contributed by atoms with E-state index in [1.807, 2.05) is 0 Å². The Hall–Kier alpha value is -2.39. The monoisotopic (exact) mass is 927 g/mol. The number of carbonyl (C=O) groups is 2. The van der Waals surface area contributed by atoms with Crippen molar-refractivity contribution in [2.24, 2.45) is 0 Å². The number of aliphatic hydroxyl groups excluding tert-OH is 3. The maximum Gasteiger partial charge on any atom is 0.306 e. The van der Waals surface area contributed by atoms with Crippen LogP contribution in [0.1, 0.15) is 206 Å². The number of hydrogen-bond donors (Lipinski definition) is 4. The molecule has 1 aliphatic rings.